The van der Waals surface area contributed by atoms with E-state index >= 15 is 0 Å². The predicted octanol–water partition coefficient (Wildman–Crippen LogP) is 2.46. The topological polar surface area (TPSA) is 63.2 Å². The van der Waals surface area contributed by atoms with E-state index in [1.807, 2.05) is 6.07 Å². The zero-order chi connectivity index (χ0) is 15.2. The molecule has 0 aromatic heterocycles. The molecule has 0 heterocycles. The number of hydrogen-bond acceptors (Lipinski definition) is 3. The Bertz CT molecular complexity index is 616. The third kappa shape index (κ3) is 4.03. The van der Waals surface area contributed by atoms with Crippen LogP contribution < -0.4 is 10.5 Å². The van der Waals surface area contributed by atoms with E-state index in [4.69, 9.17) is 4.74 Å². The fourth-order valence-electron chi connectivity index (χ4n) is 1.87. The maximum atomic E-state index is 13.8. The molecule has 21 heavy (non-hydrogen) atoms. The van der Waals surface area contributed by atoms with Crippen LogP contribution in [0.25, 0.3) is 0 Å². The number of quaternary nitrogens is 1. The van der Waals surface area contributed by atoms with E-state index in [0.29, 0.717) is 11.3 Å². The van der Waals surface area contributed by atoms with E-state index in [1.165, 1.54) is 13.2 Å². The van der Waals surface area contributed by atoms with Crippen LogP contribution in [0.5, 0.6) is 11.5 Å². The van der Waals surface area contributed by atoms with Gasteiger partial charge in [0.05, 0.1) is 7.11 Å². The average Bonchev–Trinajstić information content (AvgIpc) is 2.50. The van der Waals surface area contributed by atoms with E-state index in [2.05, 4.69) is 10.5 Å². The normalized spacial score (nSPS) is 11.8. The summed E-state index contributed by atoms with van der Waals surface area (Å²) in [5.41, 5.74) is 4.61. The molecule has 4 nitrogen and oxygen atoms in total. The Balaban J connectivity index is 2.19. The second-order valence-corrected chi connectivity index (χ2v) is 4.58. The van der Waals surface area contributed by atoms with E-state index in [9.17, 15) is 9.18 Å². The molecule has 0 aliphatic rings. The number of hydrogen-bond donors (Lipinski definition) is 1. The van der Waals surface area contributed by atoms with Crippen molar-refractivity contribution in [2.24, 2.45) is 0 Å². The maximum absolute atomic E-state index is 13.8. The fraction of sp³-hybridized carbons (Fsp3) is 0.188. The van der Waals surface area contributed by atoms with Gasteiger partial charge in [-0.2, -0.15) is 0 Å². The number of halogens is 1. The molecule has 0 bridgehead atoms. The molecule has 0 radical (unpaired) electrons. The first-order chi connectivity index (χ1) is 10.1. The number of esters is 1. The van der Waals surface area contributed by atoms with Crippen molar-refractivity contribution in [2.45, 2.75) is 12.5 Å². The van der Waals surface area contributed by atoms with E-state index in [-0.39, 0.29) is 24.2 Å². The molecule has 1 atom stereocenters. The van der Waals surface area contributed by atoms with Crippen LogP contribution in [-0.4, -0.2) is 13.1 Å². The summed E-state index contributed by atoms with van der Waals surface area (Å²) >= 11 is 0. The van der Waals surface area contributed by atoms with Crippen molar-refractivity contribution in [3.8, 4) is 11.5 Å². The number of ether oxygens (including phenoxy) is 2. The zero-order valence-corrected chi connectivity index (χ0v) is 11.7. The van der Waals surface area contributed by atoms with Gasteiger partial charge in [0.2, 0.25) is 0 Å². The Kier molecular flexibility index (Phi) is 4.90. The number of para-hydroxylation sites is 1. The average molecular weight is 290 g/mol. The highest BCUT2D eigenvalue weighted by atomic mass is 19.1. The summed E-state index contributed by atoms with van der Waals surface area (Å²) in [7, 11) is 1.32. The number of carbonyl (C=O) groups excluding carboxylic acids is 1. The second-order valence-electron chi connectivity index (χ2n) is 4.58. The minimum atomic E-state index is -0.465. The summed E-state index contributed by atoms with van der Waals surface area (Å²) < 4.78 is 23.9. The molecule has 0 aliphatic heterocycles. The molecule has 0 saturated carbocycles. The van der Waals surface area contributed by atoms with Gasteiger partial charge in [-0.15, -0.1) is 0 Å². The quantitative estimate of drug-likeness (QED) is 0.860. The molecular formula is C16H17FNO3+. The van der Waals surface area contributed by atoms with Crippen LogP contribution in [-0.2, 0) is 9.53 Å². The van der Waals surface area contributed by atoms with E-state index in [1.54, 1.807) is 36.4 Å². The van der Waals surface area contributed by atoms with Crippen LogP contribution in [0.1, 0.15) is 18.0 Å². The minimum absolute atomic E-state index is 0.109. The summed E-state index contributed by atoms with van der Waals surface area (Å²) in [6.45, 7) is 0. The van der Waals surface area contributed by atoms with Gasteiger partial charge < -0.3 is 15.2 Å². The fourth-order valence-corrected chi connectivity index (χ4v) is 1.87. The molecule has 2 aromatic carbocycles. The van der Waals surface area contributed by atoms with Gasteiger partial charge in [-0.3, -0.25) is 4.79 Å². The number of benzene rings is 2. The van der Waals surface area contributed by atoms with Gasteiger partial charge in [-0.05, 0) is 30.3 Å². The van der Waals surface area contributed by atoms with Gasteiger partial charge in [0.15, 0.2) is 11.6 Å². The first kappa shape index (κ1) is 15.0. The van der Waals surface area contributed by atoms with Crippen LogP contribution in [0.2, 0.25) is 0 Å². The Labute approximate surface area is 122 Å². The highest BCUT2D eigenvalue weighted by molar-refractivity contribution is 5.70. The van der Waals surface area contributed by atoms with E-state index in [0.717, 1.165) is 0 Å². The van der Waals surface area contributed by atoms with Gasteiger partial charge in [-0.1, -0.05) is 18.2 Å². The Morgan fingerprint density at radius 3 is 2.62 bits per heavy atom. The number of carbonyl (C=O) groups is 1. The van der Waals surface area contributed by atoms with Crippen molar-refractivity contribution in [3.63, 3.8) is 0 Å². The van der Waals surface area contributed by atoms with Gasteiger partial charge in [-0.25, -0.2) is 4.39 Å². The van der Waals surface area contributed by atoms with Crippen molar-refractivity contribution in [3.05, 3.63) is 59.9 Å². The Morgan fingerprint density at radius 1 is 1.24 bits per heavy atom. The number of rotatable bonds is 5. The van der Waals surface area contributed by atoms with Crippen LogP contribution in [0.4, 0.5) is 4.39 Å². The zero-order valence-electron chi connectivity index (χ0n) is 11.7. The molecule has 2 aromatic rings. The highest BCUT2D eigenvalue weighted by Gasteiger charge is 2.17. The number of methoxy groups -OCH3 is 1. The first-order valence-corrected chi connectivity index (χ1v) is 6.52. The van der Waals surface area contributed by atoms with Crippen LogP contribution in [0.15, 0.2) is 48.5 Å². The summed E-state index contributed by atoms with van der Waals surface area (Å²) in [5.74, 6) is -0.169. The Morgan fingerprint density at radius 2 is 1.95 bits per heavy atom. The van der Waals surface area contributed by atoms with E-state index < -0.39 is 5.82 Å². The standard InChI is InChI=1S/C16H16FNO3/c1-20-16(19)10-14(18)11-7-8-13(17)15(9-11)21-12-5-3-2-4-6-12/h2-9,14H,10,18H2,1H3/p+1/t14-/m1/s1. The monoisotopic (exact) mass is 290 g/mol. The molecule has 0 saturated heterocycles. The SMILES string of the molecule is COC(=O)C[C@@H]([NH3+])c1ccc(F)c(Oc2ccccc2)c1. The molecule has 110 valence electrons. The van der Waals surface area contributed by atoms with Gasteiger partial charge in [0.1, 0.15) is 18.2 Å². The van der Waals surface area contributed by atoms with Crippen molar-refractivity contribution in [2.75, 3.05) is 7.11 Å². The smallest absolute Gasteiger partial charge is 0.311 e. The molecule has 0 unspecified atom stereocenters. The molecule has 0 spiro atoms. The lowest BCUT2D eigenvalue weighted by Gasteiger charge is -2.11. The van der Waals surface area contributed by atoms with Gasteiger partial charge in [0.25, 0.3) is 0 Å². The molecule has 3 N–H and O–H groups in total. The molecule has 0 fully saturated rings. The lowest BCUT2D eigenvalue weighted by atomic mass is 10.0. The molecule has 2 rings (SSSR count). The van der Waals surface area contributed by atoms with Gasteiger partial charge in [0, 0.05) is 5.56 Å². The van der Waals surface area contributed by atoms with Crippen molar-refractivity contribution < 1.29 is 24.4 Å². The molecule has 5 heteroatoms. The lowest BCUT2D eigenvalue weighted by molar-refractivity contribution is -0.425. The van der Waals surface area contributed by atoms with Crippen molar-refractivity contribution in [1.29, 1.82) is 0 Å². The van der Waals surface area contributed by atoms with Crippen LogP contribution in [0.3, 0.4) is 0 Å². The van der Waals surface area contributed by atoms with Crippen molar-refractivity contribution >= 4 is 5.97 Å². The summed E-state index contributed by atoms with van der Waals surface area (Å²) in [6.07, 6.45) is 0.132. The summed E-state index contributed by atoms with van der Waals surface area (Å²) in [4.78, 5) is 11.3. The predicted molar refractivity (Wildman–Crippen MR) is 75.2 cm³/mol. The summed E-state index contributed by atoms with van der Waals surface area (Å²) in [5, 5.41) is 0. The second kappa shape index (κ2) is 6.85. The largest absolute Gasteiger partial charge is 0.469 e. The molecule has 0 aliphatic carbocycles. The first-order valence-electron chi connectivity index (χ1n) is 6.52. The lowest BCUT2D eigenvalue weighted by Crippen LogP contribution is -2.54. The summed E-state index contributed by atoms with van der Waals surface area (Å²) in [6, 6.07) is 13.1. The minimum Gasteiger partial charge on any atom is -0.469 e. The van der Waals surface area contributed by atoms with Crippen LogP contribution in [0, 0.1) is 5.82 Å². The maximum Gasteiger partial charge on any atom is 0.311 e. The Hall–Kier alpha value is -2.40. The highest BCUT2D eigenvalue weighted by Crippen LogP contribution is 2.27. The van der Waals surface area contributed by atoms with Crippen molar-refractivity contribution in [1.82, 2.24) is 0 Å². The van der Waals surface area contributed by atoms with Crippen LogP contribution >= 0.6 is 0 Å². The molecule has 0 amide bonds. The van der Waals surface area contributed by atoms with Gasteiger partial charge >= 0.3 is 5.97 Å². The third-order valence-corrected chi connectivity index (χ3v) is 3.04. The third-order valence-electron chi connectivity index (χ3n) is 3.04. The molecular weight excluding hydrogens is 273 g/mol.